The molecular formula is C34H35Cl2N3O4S. The van der Waals surface area contributed by atoms with Gasteiger partial charge in [0.15, 0.2) is 0 Å². The number of carbonyl (C=O) groups is 2. The van der Waals surface area contributed by atoms with Gasteiger partial charge in [-0.15, -0.1) is 0 Å². The van der Waals surface area contributed by atoms with E-state index in [4.69, 9.17) is 23.2 Å². The number of amides is 2. The molecule has 0 radical (unpaired) electrons. The van der Waals surface area contributed by atoms with Crippen molar-refractivity contribution in [2.75, 3.05) is 6.54 Å². The fourth-order valence-corrected chi connectivity index (χ4v) is 6.05. The van der Waals surface area contributed by atoms with Crippen molar-refractivity contribution in [1.82, 2.24) is 14.9 Å². The summed E-state index contributed by atoms with van der Waals surface area (Å²) in [6, 6.07) is 29.7. The monoisotopic (exact) mass is 651 g/mol. The summed E-state index contributed by atoms with van der Waals surface area (Å²) in [5.41, 5.74) is 3.46. The molecule has 230 valence electrons. The molecule has 0 bridgehead atoms. The Morgan fingerprint density at radius 1 is 0.750 bits per heavy atom. The lowest BCUT2D eigenvalue weighted by molar-refractivity contribution is -0.141. The van der Waals surface area contributed by atoms with E-state index in [0.29, 0.717) is 29.4 Å². The Labute approximate surface area is 269 Å². The number of hydrogen-bond donors (Lipinski definition) is 2. The lowest BCUT2D eigenvalue weighted by Crippen LogP contribution is -2.50. The molecule has 0 saturated heterocycles. The minimum Gasteiger partial charge on any atom is -0.350 e. The Morgan fingerprint density at radius 2 is 1.32 bits per heavy atom. The summed E-state index contributed by atoms with van der Waals surface area (Å²) in [5, 5.41) is 4.20. The largest absolute Gasteiger partial charge is 0.350 e. The highest BCUT2D eigenvalue weighted by molar-refractivity contribution is 7.89. The summed E-state index contributed by atoms with van der Waals surface area (Å²) in [7, 11) is -3.57. The molecule has 1 atom stereocenters. The van der Waals surface area contributed by atoms with Crippen LogP contribution in [0.1, 0.15) is 35.6 Å². The van der Waals surface area contributed by atoms with Gasteiger partial charge in [-0.2, -0.15) is 0 Å². The van der Waals surface area contributed by atoms with Gasteiger partial charge in [0.1, 0.15) is 6.04 Å². The van der Waals surface area contributed by atoms with Crippen LogP contribution < -0.4 is 10.0 Å². The van der Waals surface area contributed by atoms with Crippen molar-refractivity contribution in [1.29, 1.82) is 0 Å². The maximum absolute atomic E-state index is 13.9. The fraction of sp³-hybridized carbons (Fsp3) is 0.235. The van der Waals surface area contributed by atoms with Gasteiger partial charge in [0, 0.05) is 42.5 Å². The lowest BCUT2D eigenvalue weighted by atomic mass is 10.0. The van der Waals surface area contributed by atoms with E-state index in [9.17, 15) is 18.0 Å². The number of sulfonamides is 1. The number of rotatable bonds is 14. The van der Waals surface area contributed by atoms with E-state index in [-0.39, 0.29) is 36.2 Å². The first-order valence-electron chi connectivity index (χ1n) is 14.3. The second kappa shape index (κ2) is 15.9. The molecule has 0 heterocycles. The molecule has 2 amide bonds. The third-order valence-electron chi connectivity index (χ3n) is 7.11. The summed E-state index contributed by atoms with van der Waals surface area (Å²) < 4.78 is 27.1. The molecule has 44 heavy (non-hydrogen) atoms. The van der Waals surface area contributed by atoms with E-state index >= 15 is 0 Å². The molecule has 0 saturated carbocycles. The maximum atomic E-state index is 13.9. The number of nitrogens with zero attached hydrogens (tertiary/aromatic N) is 1. The summed E-state index contributed by atoms with van der Waals surface area (Å²) in [6.45, 7) is 2.50. The van der Waals surface area contributed by atoms with E-state index in [1.165, 1.54) is 12.1 Å². The predicted octanol–water partition coefficient (Wildman–Crippen LogP) is 6.18. The average molecular weight is 653 g/mol. The summed E-state index contributed by atoms with van der Waals surface area (Å²) in [4.78, 5) is 29.6. The highest BCUT2D eigenvalue weighted by atomic mass is 35.5. The summed E-state index contributed by atoms with van der Waals surface area (Å²) in [5.74, 6) is -0.476. The Balaban J connectivity index is 1.58. The third-order valence-corrected chi connectivity index (χ3v) is 9.18. The molecule has 4 rings (SSSR count). The van der Waals surface area contributed by atoms with E-state index in [2.05, 4.69) is 10.0 Å². The van der Waals surface area contributed by atoms with Gasteiger partial charge in [0.25, 0.3) is 0 Å². The van der Waals surface area contributed by atoms with Gasteiger partial charge in [-0.1, -0.05) is 96.9 Å². The molecule has 0 aliphatic rings. The molecule has 4 aromatic rings. The molecule has 10 heteroatoms. The van der Waals surface area contributed by atoms with Gasteiger partial charge < -0.3 is 10.2 Å². The molecule has 0 aromatic heterocycles. The van der Waals surface area contributed by atoms with Gasteiger partial charge in [0.05, 0.1) is 4.90 Å². The number of carbonyl (C=O) groups excluding carboxylic acids is 2. The van der Waals surface area contributed by atoms with Gasteiger partial charge in [-0.05, 0) is 65.1 Å². The first-order chi connectivity index (χ1) is 21.1. The van der Waals surface area contributed by atoms with Crippen LogP contribution in [0.3, 0.4) is 0 Å². The Hall–Kier alpha value is -3.69. The first kappa shape index (κ1) is 33.2. The predicted molar refractivity (Wildman–Crippen MR) is 175 cm³/mol. The van der Waals surface area contributed by atoms with Crippen LogP contribution in [0.2, 0.25) is 10.0 Å². The second-order valence-electron chi connectivity index (χ2n) is 10.3. The Morgan fingerprint density at radius 3 is 1.91 bits per heavy atom. The maximum Gasteiger partial charge on any atom is 0.243 e. The third kappa shape index (κ3) is 9.66. The minimum atomic E-state index is -3.57. The topological polar surface area (TPSA) is 95.6 Å². The smallest absolute Gasteiger partial charge is 0.243 e. The summed E-state index contributed by atoms with van der Waals surface area (Å²) in [6.07, 6.45) is 0.828. The van der Waals surface area contributed by atoms with Crippen molar-refractivity contribution in [3.8, 4) is 0 Å². The number of nitrogens with one attached hydrogen (secondary N) is 2. The zero-order valence-corrected chi connectivity index (χ0v) is 26.7. The van der Waals surface area contributed by atoms with Crippen LogP contribution in [0, 0.1) is 0 Å². The molecule has 4 aromatic carbocycles. The van der Waals surface area contributed by atoms with E-state index < -0.39 is 16.1 Å². The fourth-order valence-electron chi connectivity index (χ4n) is 4.75. The van der Waals surface area contributed by atoms with Crippen molar-refractivity contribution in [3.05, 3.63) is 135 Å². The second-order valence-corrected chi connectivity index (χ2v) is 13.0. The van der Waals surface area contributed by atoms with E-state index in [1.54, 1.807) is 48.2 Å². The molecule has 0 fully saturated rings. The summed E-state index contributed by atoms with van der Waals surface area (Å²) >= 11 is 12.1. The first-order valence-corrected chi connectivity index (χ1v) is 16.6. The normalized spacial score (nSPS) is 12.0. The van der Waals surface area contributed by atoms with Crippen LogP contribution >= 0.6 is 23.2 Å². The minimum absolute atomic E-state index is 0.128. The van der Waals surface area contributed by atoms with E-state index in [1.807, 2.05) is 54.6 Å². The zero-order valence-electron chi connectivity index (χ0n) is 24.4. The Kier molecular flexibility index (Phi) is 12.0. The SMILES string of the molecule is CCNS(=O)(=O)c1ccc(CCC(=O)N(Cc2ccc(Cl)cc2)[C@H](Cc2ccccc2)C(=O)NCc2ccc(Cl)cc2)cc1. The van der Waals surface area contributed by atoms with Crippen LogP contribution in [0.15, 0.2) is 108 Å². The molecule has 0 aliphatic carbocycles. The van der Waals surface area contributed by atoms with Crippen molar-refractivity contribution in [3.63, 3.8) is 0 Å². The molecular weight excluding hydrogens is 617 g/mol. The highest BCUT2D eigenvalue weighted by Crippen LogP contribution is 2.19. The number of benzene rings is 4. The van der Waals surface area contributed by atoms with Crippen molar-refractivity contribution < 1.29 is 18.0 Å². The van der Waals surface area contributed by atoms with Gasteiger partial charge in [0.2, 0.25) is 21.8 Å². The number of aryl methyl sites for hydroxylation is 1. The standard InChI is InChI=1S/C34H35Cl2N3O4S/c1-2-38-44(42,43)31-19-12-25(13-20-31)14-21-33(40)39(24-28-10-17-30(36)18-11-28)32(22-26-6-4-3-5-7-26)34(41)37-23-27-8-15-29(35)16-9-27/h3-13,15-20,32,38H,2,14,21-24H2,1H3,(H,37,41)/t32-/m1/s1. The van der Waals surface area contributed by atoms with Crippen molar-refractivity contribution >= 4 is 45.0 Å². The highest BCUT2D eigenvalue weighted by Gasteiger charge is 2.30. The Bertz CT molecular complexity index is 1630. The van der Waals surface area contributed by atoms with Gasteiger partial charge >= 0.3 is 0 Å². The van der Waals surface area contributed by atoms with Crippen molar-refractivity contribution in [2.24, 2.45) is 0 Å². The van der Waals surface area contributed by atoms with Gasteiger partial charge in [-0.25, -0.2) is 13.1 Å². The molecule has 7 nitrogen and oxygen atoms in total. The van der Waals surface area contributed by atoms with Gasteiger partial charge in [-0.3, -0.25) is 9.59 Å². The van der Waals surface area contributed by atoms with E-state index in [0.717, 1.165) is 22.3 Å². The molecule has 2 N–H and O–H groups in total. The lowest BCUT2D eigenvalue weighted by Gasteiger charge is -2.32. The quantitative estimate of drug-likeness (QED) is 0.170. The van der Waals surface area contributed by atoms with Crippen LogP contribution in [0.4, 0.5) is 0 Å². The zero-order chi connectivity index (χ0) is 31.5. The molecule has 0 aliphatic heterocycles. The molecule has 0 spiro atoms. The molecule has 0 unspecified atom stereocenters. The van der Waals surface area contributed by atoms with Crippen LogP contribution in [0.5, 0.6) is 0 Å². The number of halogens is 2. The van der Waals surface area contributed by atoms with Crippen LogP contribution in [-0.4, -0.2) is 37.7 Å². The van der Waals surface area contributed by atoms with Crippen molar-refractivity contribution in [2.45, 2.75) is 50.2 Å². The van der Waals surface area contributed by atoms with Crippen LogP contribution in [-0.2, 0) is 45.5 Å². The average Bonchev–Trinajstić information content (AvgIpc) is 3.02. The number of hydrogen-bond acceptors (Lipinski definition) is 4. The van der Waals surface area contributed by atoms with Crippen LogP contribution in [0.25, 0.3) is 0 Å².